The minimum Gasteiger partial charge on any atom is -0.396 e. The minimum absolute atomic E-state index is 0.0474. The highest BCUT2D eigenvalue weighted by Crippen LogP contribution is 2.35. The van der Waals surface area contributed by atoms with Crippen LogP contribution >= 0.6 is 0 Å². The second-order valence-corrected chi connectivity index (χ2v) is 8.15. The van der Waals surface area contributed by atoms with Gasteiger partial charge in [0.2, 0.25) is 0 Å². The van der Waals surface area contributed by atoms with Crippen LogP contribution in [0.15, 0.2) is 24.4 Å². The van der Waals surface area contributed by atoms with Gasteiger partial charge in [0.1, 0.15) is 22.7 Å². The van der Waals surface area contributed by atoms with Crippen molar-refractivity contribution in [1.29, 1.82) is 0 Å². The third kappa shape index (κ3) is 4.99. The third-order valence-corrected chi connectivity index (χ3v) is 5.28. The lowest BCUT2D eigenvalue weighted by molar-refractivity contribution is -0.141. The number of aromatic nitrogens is 3. The summed E-state index contributed by atoms with van der Waals surface area (Å²) in [7, 11) is 0. The van der Waals surface area contributed by atoms with Gasteiger partial charge in [0.25, 0.3) is 5.91 Å². The van der Waals surface area contributed by atoms with E-state index in [0.29, 0.717) is 0 Å². The van der Waals surface area contributed by atoms with Gasteiger partial charge in [-0.3, -0.25) is 9.48 Å². The van der Waals surface area contributed by atoms with Crippen molar-refractivity contribution < 1.29 is 28.2 Å². The standard InChI is InChI=1S/C20H25F3N4O3/c1-19(2,30)17-15(10-27(26-17)13-8-6-12(11-28)7-9-13)25-18(29)14-4-3-5-16(24-14)20(21,22)23/h3-5,10,12-13,28,30H,6-9,11H2,1-2H3,(H,25,29). The quantitative estimate of drug-likeness (QED) is 0.680. The molecule has 0 spiro atoms. The van der Waals surface area contributed by atoms with Crippen molar-refractivity contribution in [2.45, 2.75) is 57.3 Å². The molecule has 7 nitrogen and oxygen atoms in total. The van der Waals surface area contributed by atoms with Crippen molar-refractivity contribution in [1.82, 2.24) is 14.8 Å². The van der Waals surface area contributed by atoms with Crippen molar-refractivity contribution in [3.05, 3.63) is 41.5 Å². The van der Waals surface area contributed by atoms with Crippen LogP contribution in [0.25, 0.3) is 0 Å². The Bertz CT molecular complexity index is 897. The van der Waals surface area contributed by atoms with Gasteiger partial charge in [-0.15, -0.1) is 0 Å². The molecule has 2 aromatic rings. The number of anilines is 1. The highest BCUT2D eigenvalue weighted by molar-refractivity contribution is 6.03. The summed E-state index contributed by atoms with van der Waals surface area (Å²) in [5.41, 5.74) is -2.49. The first-order valence-electron chi connectivity index (χ1n) is 9.77. The molecular formula is C20H25F3N4O3. The number of aliphatic hydroxyl groups excluding tert-OH is 1. The van der Waals surface area contributed by atoms with Crippen LogP contribution in [0.2, 0.25) is 0 Å². The maximum Gasteiger partial charge on any atom is 0.433 e. The molecule has 30 heavy (non-hydrogen) atoms. The first-order valence-corrected chi connectivity index (χ1v) is 9.77. The molecule has 0 aliphatic heterocycles. The van der Waals surface area contributed by atoms with Gasteiger partial charge in [-0.1, -0.05) is 6.07 Å². The lowest BCUT2D eigenvalue weighted by Gasteiger charge is -2.27. The van der Waals surface area contributed by atoms with E-state index in [1.54, 1.807) is 10.9 Å². The van der Waals surface area contributed by atoms with Gasteiger partial charge in [-0.25, -0.2) is 4.98 Å². The summed E-state index contributed by atoms with van der Waals surface area (Å²) in [6, 6.07) is 3.14. The van der Waals surface area contributed by atoms with E-state index in [1.807, 2.05) is 0 Å². The molecule has 1 aliphatic rings. The molecule has 0 atom stereocenters. The number of pyridine rings is 1. The van der Waals surface area contributed by atoms with Crippen molar-refractivity contribution in [3.63, 3.8) is 0 Å². The Morgan fingerprint density at radius 2 is 1.90 bits per heavy atom. The van der Waals surface area contributed by atoms with Gasteiger partial charge in [0, 0.05) is 12.8 Å². The SMILES string of the molecule is CC(C)(O)c1nn(C2CCC(CO)CC2)cc1NC(=O)c1cccc(C(F)(F)F)n1. The Morgan fingerprint density at radius 1 is 1.23 bits per heavy atom. The minimum atomic E-state index is -4.66. The summed E-state index contributed by atoms with van der Waals surface area (Å²) >= 11 is 0. The first-order chi connectivity index (χ1) is 14.0. The third-order valence-electron chi connectivity index (χ3n) is 5.28. The molecule has 1 saturated carbocycles. The number of hydrogen-bond donors (Lipinski definition) is 3. The van der Waals surface area contributed by atoms with E-state index in [0.717, 1.165) is 37.8 Å². The molecule has 10 heteroatoms. The van der Waals surface area contributed by atoms with E-state index >= 15 is 0 Å². The van der Waals surface area contributed by atoms with Gasteiger partial charge in [-0.2, -0.15) is 18.3 Å². The fourth-order valence-corrected chi connectivity index (χ4v) is 3.62. The number of halogens is 3. The van der Waals surface area contributed by atoms with Crippen LogP contribution in [0, 0.1) is 5.92 Å². The number of hydrogen-bond acceptors (Lipinski definition) is 5. The number of rotatable bonds is 5. The lowest BCUT2D eigenvalue weighted by Crippen LogP contribution is -2.23. The van der Waals surface area contributed by atoms with Crippen molar-refractivity contribution in [2.75, 3.05) is 11.9 Å². The molecule has 2 aromatic heterocycles. The zero-order valence-corrected chi connectivity index (χ0v) is 16.8. The highest BCUT2D eigenvalue weighted by atomic mass is 19.4. The Kier molecular flexibility index (Phi) is 6.19. The normalized spacial score (nSPS) is 20.2. The molecule has 164 valence electrons. The summed E-state index contributed by atoms with van der Waals surface area (Å²) in [5.74, 6) is -0.563. The predicted molar refractivity (Wildman–Crippen MR) is 103 cm³/mol. The number of amides is 1. The monoisotopic (exact) mass is 426 g/mol. The van der Waals surface area contributed by atoms with Crippen molar-refractivity contribution in [2.24, 2.45) is 5.92 Å². The fourth-order valence-electron chi connectivity index (χ4n) is 3.62. The Morgan fingerprint density at radius 3 is 2.47 bits per heavy atom. The summed E-state index contributed by atoms with van der Waals surface area (Å²) in [5, 5.41) is 26.8. The Balaban J connectivity index is 1.85. The Labute approximate surface area is 171 Å². The van der Waals surface area contributed by atoms with Crippen LogP contribution in [0.4, 0.5) is 18.9 Å². The summed E-state index contributed by atoms with van der Waals surface area (Å²) < 4.78 is 40.3. The number of carbonyl (C=O) groups excluding carboxylic acids is 1. The molecule has 0 bridgehead atoms. The van der Waals surface area contributed by atoms with E-state index in [1.165, 1.54) is 19.9 Å². The number of nitrogens with one attached hydrogen (secondary N) is 1. The maximum atomic E-state index is 12.9. The average Bonchev–Trinajstić information content (AvgIpc) is 3.12. The van der Waals surface area contributed by atoms with Gasteiger partial charge in [-0.05, 0) is 57.6 Å². The van der Waals surface area contributed by atoms with Crippen molar-refractivity contribution in [3.8, 4) is 0 Å². The zero-order chi connectivity index (χ0) is 22.1. The smallest absolute Gasteiger partial charge is 0.396 e. The molecule has 0 radical (unpaired) electrons. The molecule has 3 N–H and O–H groups in total. The number of alkyl halides is 3. The van der Waals surface area contributed by atoms with Gasteiger partial charge in [0.15, 0.2) is 0 Å². The second kappa shape index (κ2) is 8.35. The molecule has 0 saturated heterocycles. The highest BCUT2D eigenvalue weighted by Gasteiger charge is 2.33. The van der Waals surface area contributed by atoms with Crippen LogP contribution in [-0.4, -0.2) is 37.5 Å². The summed E-state index contributed by atoms with van der Waals surface area (Å²) in [6.07, 6.45) is 0.195. The van der Waals surface area contributed by atoms with E-state index in [-0.39, 0.29) is 35.6 Å². The molecule has 3 rings (SSSR count). The average molecular weight is 426 g/mol. The van der Waals surface area contributed by atoms with E-state index < -0.39 is 23.4 Å². The van der Waals surface area contributed by atoms with Crippen LogP contribution in [0.5, 0.6) is 0 Å². The molecule has 1 aliphatic carbocycles. The summed E-state index contributed by atoms with van der Waals surface area (Å²) in [4.78, 5) is 15.9. The van der Waals surface area contributed by atoms with Crippen molar-refractivity contribution >= 4 is 11.6 Å². The van der Waals surface area contributed by atoms with Gasteiger partial charge < -0.3 is 15.5 Å². The number of aliphatic hydroxyl groups is 2. The summed E-state index contributed by atoms with van der Waals surface area (Å²) in [6.45, 7) is 3.17. The lowest BCUT2D eigenvalue weighted by atomic mass is 9.87. The topological polar surface area (TPSA) is 100 Å². The number of carbonyl (C=O) groups is 1. The van der Waals surface area contributed by atoms with Crippen LogP contribution in [0.3, 0.4) is 0 Å². The fraction of sp³-hybridized carbons (Fsp3) is 0.550. The van der Waals surface area contributed by atoms with E-state index in [4.69, 9.17) is 0 Å². The first kappa shape index (κ1) is 22.2. The van der Waals surface area contributed by atoms with Crippen LogP contribution in [0.1, 0.15) is 67.4 Å². The maximum absolute atomic E-state index is 12.9. The van der Waals surface area contributed by atoms with E-state index in [9.17, 15) is 28.2 Å². The molecule has 0 aromatic carbocycles. The second-order valence-electron chi connectivity index (χ2n) is 8.15. The van der Waals surface area contributed by atoms with Crippen LogP contribution < -0.4 is 5.32 Å². The molecule has 0 unspecified atom stereocenters. The van der Waals surface area contributed by atoms with Gasteiger partial charge >= 0.3 is 6.18 Å². The number of nitrogens with zero attached hydrogens (tertiary/aromatic N) is 3. The largest absolute Gasteiger partial charge is 0.433 e. The van der Waals surface area contributed by atoms with E-state index in [2.05, 4.69) is 15.4 Å². The predicted octanol–water partition coefficient (Wildman–Crippen LogP) is 3.50. The molecule has 1 amide bonds. The zero-order valence-electron chi connectivity index (χ0n) is 16.8. The Hall–Kier alpha value is -2.46. The molecular weight excluding hydrogens is 401 g/mol. The van der Waals surface area contributed by atoms with Crippen LogP contribution in [-0.2, 0) is 11.8 Å². The molecule has 2 heterocycles. The molecule has 1 fully saturated rings. The van der Waals surface area contributed by atoms with Gasteiger partial charge in [0.05, 0.1) is 11.7 Å².